The van der Waals surface area contributed by atoms with Crippen LogP contribution in [0, 0.1) is 17.8 Å². The second-order valence-corrected chi connectivity index (χ2v) is 19.3. The van der Waals surface area contributed by atoms with Gasteiger partial charge in [0.25, 0.3) is 11.8 Å². The van der Waals surface area contributed by atoms with E-state index < -0.39 is 86.2 Å². The number of carbonyl (C=O) groups is 4. The largest absolute Gasteiger partial charge is 0.497 e. The van der Waals surface area contributed by atoms with E-state index in [9.17, 15) is 36.4 Å². The van der Waals surface area contributed by atoms with Gasteiger partial charge in [0, 0.05) is 37.1 Å². The number of ether oxygens (including phenoxy) is 5. The van der Waals surface area contributed by atoms with Crippen molar-refractivity contribution in [2.24, 2.45) is 17.8 Å². The van der Waals surface area contributed by atoms with Crippen LogP contribution in [0.15, 0.2) is 36.5 Å². The lowest BCUT2D eigenvalue weighted by Crippen LogP contribution is -2.59. The third-order valence-electron chi connectivity index (χ3n) is 12.1. The van der Waals surface area contributed by atoms with Crippen molar-refractivity contribution in [3.63, 3.8) is 0 Å². The molecule has 1 saturated heterocycles. The summed E-state index contributed by atoms with van der Waals surface area (Å²) in [4.78, 5) is 62.5. The topological polar surface area (TPSA) is 201 Å². The minimum absolute atomic E-state index is 0.00917. The van der Waals surface area contributed by atoms with Crippen molar-refractivity contribution in [1.82, 2.24) is 25.2 Å². The first kappa shape index (κ1) is 45.7. The van der Waals surface area contributed by atoms with Gasteiger partial charge in [-0.15, -0.1) is 0 Å². The monoisotopic (exact) mass is 877 g/mol. The van der Waals surface area contributed by atoms with Crippen LogP contribution >= 0.6 is 0 Å². The van der Waals surface area contributed by atoms with Gasteiger partial charge in [-0.25, -0.2) is 27.0 Å². The Bertz CT molecular complexity index is 2130. The molecule has 336 valence electrons. The van der Waals surface area contributed by atoms with Crippen molar-refractivity contribution >= 4 is 44.6 Å². The maximum absolute atomic E-state index is 14.9. The number of allylic oxidation sites excluding steroid dienone is 1. The van der Waals surface area contributed by atoms with E-state index >= 15 is 0 Å². The zero-order chi connectivity index (χ0) is 44.5. The number of hydrogen-bond donors (Lipinski definition) is 3. The van der Waals surface area contributed by atoms with Gasteiger partial charge in [-0.3, -0.25) is 19.1 Å². The van der Waals surface area contributed by atoms with Crippen LogP contribution in [0.1, 0.15) is 79.6 Å². The molecule has 3 heterocycles. The number of benzene rings is 1. The summed E-state index contributed by atoms with van der Waals surface area (Å²) in [6.07, 6.45) is 5.59. The van der Waals surface area contributed by atoms with Crippen LogP contribution in [-0.4, -0.2) is 117 Å². The fraction of sp³-hybridized carbons (Fsp3) is 0.643. The van der Waals surface area contributed by atoms with Crippen molar-refractivity contribution in [2.75, 3.05) is 34.0 Å². The van der Waals surface area contributed by atoms with Crippen molar-refractivity contribution in [3.05, 3.63) is 36.5 Å². The molecule has 61 heavy (non-hydrogen) atoms. The van der Waals surface area contributed by atoms with Gasteiger partial charge in [-0.05, 0) is 82.4 Å². The van der Waals surface area contributed by atoms with E-state index in [1.807, 2.05) is 19.1 Å². The van der Waals surface area contributed by atoms with Crippen LogP contribution < -0.4 is 29.6 Å². The highest BCUT2D eigenvalue weighted by molar-refractivity contribution is 7.91. The Morgan fingerprint density at radius 1 is 1.05 bits per heavy atom. The minimum Gasteiger partial charge on any atom is -0.497 e. The Kier molecular flexibility index (Phi) is 13.4. The number of sulfonamides is 1. The van der Waals surface area contributed by atoms with Gasteiger partial charge in [0.1, 0.15) is 41.8 Å². The van der Waals surface area contributed by atoms with Crippen molar-refractivity contribution in [3.8, 4) is 17.4 Å². The molecule has 4 amide bonds. The van der Waals surface area contributed by atoms with E-state index in [1.165, 1.54) is 18.2 Å². The van der Waals surface area contributed by atoms with E-state index in [2.05, 4.69) is 20.3 Å². The third-order valence-corrected chi connectivity index (χ3v) is 14.0. The molecular formula is C42H57F2N5O11S. The lowest BCUT2D eigenvalue weighted by molar-refractivity contribution is -0.152. The number of hydrogen-bond acceptors (Lipinski definition) is 12. The Morgan fingerprint density at radius 3 is 2.46 bits per heavy atom. The SMILES string of the molecule is COCCOc1cnc(OC2CC3C(=O)NC4(C(=O)NS(=O)(=O)C5CC5)CC4C=CCCC(C)CC(C)C(NC(=O)OC(C)(C)C(C)(F)F)C(=O)N3C2)c2ccc(OC)cc12. The molecule has 6 rings (SSSR count). The lowest BCUT2D eigenvalue weighted by Gasteiger charge is -2.35. The van der Waals surface area contributed by atoms with Gasteiger partial charge in [0.15, 0.2) is 5.60 Å². The first-order chi connectivity index (χ1) is 28.7. The average Bonchev–Trinajstić information content (AvgIpc) is 4.12. The van der Waals surface area contributed by atoms with Crippen molar-refractivity contribution in [1.29, 1.82) is 0 Å². The molecule has 2 saturated carbocycles. The van der Waals surface area contributed by atoms with E-state index in [-0.39, 0.29) is 37.8 Å². The molecule has 0 spiro atoms. The highest BCUT2D eigenvalue weighted by atomic mass is 32.2. The molecule has 7 unspecified atom stereocenters. The maximum Gasteiger partial charge on any atom is 0.408 e. The zero-order valence-corrected chi connectivity index (χ0v) is 36.4. The quantitative estimate of drug-likeness (QED) is 0.186. The molecule has 16 nitrogen and oxygen atoms in total. The van der Waals surface area contributed by atoms with Gasteiger partial charge in [0.2, 0.25) is 27.7 Å². The second-order valence-electron chi connectivity index (χ2n) is 17.3. The molecular weight excluding hydrogens is 821 g/mol. The lowest BCUT2D eigenvalue weighted by atomic mass is 9.88. The van der Waals surface area contributed by atoms with Crippen molar-refractivity contribution in [2.45, 2.75) is 120 Å². The van der Waals surface area contributed by atoms with Crippen LogP contribution in [0.2, 0.25) is 0 Å². The number of aromatic nitrogens is 1. The molecule has 0 bridgehead atoms. The normalized spacial score (nSPS) is 27.5. The van der Waals surface area contributed by atoms with Crippen molar-refractivity contribution < 1.29 is 60.1 Å². The number of alkyl halides is 2. The fourth-order valence-electron chi connectivity index (χ4n) is 7.87. The van der Waals surface area contributed by atoms with E-state index in [0.717, 1.165) is 13.8 Å². The highest BCUT2D eigenvalue weighted by Gasteiger charge is 2.62. The van der Waals surface area contributed by atoms with Crippen LogP contribution in [-0.2, 0) is 33.9 Å². The summed E-state index contributed by atoms with van der Waals surface area (Å²) >= 11 is 0. The summed E-state index contributed by atoms with van der Waals surface area (Å²) in [6.45, 7) is 6.85. The summed E-state index contributed by atoms with van der Waals surface area (Å²) in [5.74, 6) is -5.69. The molecule has 1 aromatic carbocycles. The summed E-state index contributed by atoms with van der Waals surface area (Å²) < 4.78 is 85.1. The summed E-state index contributed by atoms with van der Waals surface area (Å²) in [7, 11) is -0.902. The van der Waals surface area contributed by atoms with E-state index in [1.54, 1.807) is 32.2 Å². The summed E-state index contributed by atoms with van der Waals surface area (Å²) in [6, 6.07) is 2.58. The number of alkyl carbamates (subject to hydrolysis) is 1. The molecule has 1 aromatic heterocycles. The second kappa shape index (κ2) is 17.9. The number of nitrogens with one attached hydrogen (secondary N) is 3. The van der Waals surface area contributed by atoms with Crippen LogP contribution in [0.5, 0.6) is 17.4 Å². The smallest absolute Gasteiger partial charge is 0.408 e. The van der Waals surface area contributed by atoms with Gasteiger partial charge < -0.3 is 39.2 Å². The Hall–Kier alpha value is -4.78. The average molecular weight is 878 g/mol. The van der Waals surface area contributed by atoms with Crippen LogP contribution in [0.25, 0.3) is 10.8 Å². The number of carbonyl (C=O) groups excluding carboxylic acids is 4. The number of amides is 4. The predicted octanol–water partition coefficient (Wildman–Crippen LogP) is 4.64. The third kappa shape index (κ3) is 10.3. The van der Waals surface area contributed by atoms with Crippen LogP contribution in [0.3, 0.4) is 0 Å². The number of nitrogens with zero attached hydrogens (tertiary/aromatic N) is 2. The fourth-order valence-corrected chi connectivity index (χ4v) is 9.24. The highest BCUT2D eigenvalue weighted by Crippen LogP contribution is 2.46. The minimum atomic E-state index is -3.98. The number of halogens is 2. The van der Waals surface area contributed by atoms with Gasteiger partial charge in [0.05, 0.1) is 31.7 Å². The van der Waals surface area contributed by atoms with Crippen LogP contribution in [0.4, 0.5) is 13.6 Å². The zero-order valence-electron chi connectivity index (χ0n) is 35.6. The molecule has 3 N–H and O–H groups in total. The number of fused-ring (bicyclic) bond motifs is 3. The Balaban J connectivity index is 1.36. The molecule has 2 aromatic rings. The molecule has 4 aliphatic rings. The molecule has 19 heteroatoms. The standard InChI is InChI=1S/C42H57F2N5O11S/c1-24-10-8-9-11-26-21-42(26,38(52)48-61(54,55)29-13-14-29)47-35(50)32-20-28(59-36-30-15-12-27(57-7)19-31(30)33(22-45-36)58-17-16-56-6)23-49(32)37(51)34(25(2)18-24)46-39(53)60-40(3,4)41(5,43)44/h9,11-12,15,19,22,24-26,28-29,32,34H,8,10,13-14,16-18,20-21,23H2,1-7H3,(H,46,53)(H,47,50)(H,48,52). The van der Waals surface area contributed by atoms with E-state index in [4.69, 9.17) is 23.7 Å². The molecule has 7 atom stereocenters. The maximum atomic E-state index is 14.9. The molecule has 2 aliphatic heterocycles. The predicted molar refractivity (Wildman–Crippen MR) is 219 cm³/mol. The Labute approximate surface area is 354 Å². The van der Waals surface area contributed by atoms with E-state index in [0.29, 0.717) is 67.9 Å². The Morgan fingerprint density at radius 2 is 1.79 bits per heavy atom. The molecule has 0 radical (unpaired) electrons. The first-order valence-electron chi connectivity index (χ1n) is 20.7. The molecule has 2 aliphatic carbocycles. The number of rotatable bonds is 13. The van der Waals surface area contributed by atoms with Gasteiger partial charge in [-0.1, -0.05) is 26.0 Å². The van der Waals surface area contributed by atoms with Gasteiger partial charge >= 0.3 is 6.09 Å². The molecule has 3 fully saturated rings. The van der Waals surface area contributed by atoms with Gasteiger partial charge in [-0.2, -0.15) is 0 Å². The number of pyridine rings is 1. The summed E-state index contributed by atoms with van der Waals surface area (Å²) in [5, 5.41) is 5.83. The first-order valence-corrected chi connectivity index (χ1v) is 22.2. The summed E-state index contributed by atoms with van der Waals surface area (Å²) in [5.41, 5.74) is -3.85. The number of methoxy groups -OCH3 is 2.